The maximum absolute atomic E-state index is 10.4. The molecule has 0 saturated carbocycles. The monoisotopic (exact) mass is 154 g/mol. The van der Waals surface area contributed by atoms with E-state index in [0.29, 0.717) is 18.9 Å². The molecule has 1 aromatic rings. The third kappa shape index (κ3) is 1.96. The van der Waals surface area contributed by atoms with Gasteiger partial charge in [-0.3, -0.25) is 4.79 Å². The van der Waals surface area contributed by atoms with Crippen molar-refractivity contribution in [1.29, 1.82) is 0 Å². The van der Waals surface area contributed by atoms with E-state index in [1.807, 2.05) is 0 Å². The molecule has 4 N–H and O–H groups in total. The molecule has 11 heavy (non-hydrogen) atoms. The summed E-state index contributed by atoms with van der Waals surface area (Å²) in [5, 5.41) is 0. The number of anilines is 1. The Balaban J connectivity index is 2.51. The highest BCUT2D eigenvalue weighted by atomic mass is 16.1. The van der Waals surface area contributed by atoms with Gasteiger partial charge in [-0.05, 0) is 0 Å². The lowest BCUT2D eigenvalue weighted by atomic mass is 10.4. The van der Waals surface area contributed by atoms with E-state index < -0.39 is 0 Å². The van der Waals surface area contributed by atoms with Crippen molar-refractivity contribution >= 4 is 11.9 Å². The number of carbonyl (C=O) groups excluding carboxylic acids is 1. The van der Waals surface area contributed by atoms with Crippen molar-refractivity contribution in [2.75, 3.05) is 5.73 Å². The van der Waals surface area contributed by atoms with E-state index in [9.17, 15) is 4.79 Å². The second-order valence-electron chi connectivity index (χ2n) is 2.20. The van der Waals surface area contributed by atoms with E-state index in [1.165, 1.54) is 0 Å². The van der Waals surface area contributed by atoms with Gasteiger partial charge in [0.25, 0.3) is 0 Å². The van der Waals surface area contributed by atoms with Gasteiger partial charge < -0.3 is 16.0 Å². The summed E-state index contributed by atoms with van der Waals surface area (Å²) in [6.45, 7) is 0.501. The second-order valence-corrected chi connectivity index (χ2v) is 2.20. The van der Waals surface area contributed by atoms with Crippen LogP contribution in [0.25, 0.3) is 0 Å². The third-order valence-electron chi connectivity index (χ3n) is 1.35. The predicted octanol–water partition coefficient (Wildman–Crippen LogP) is -0.659. The number of imidazole rings is 1. The predicted molar refractivity (Wildman–Crippen MR) is 40.5 cm³/mol. The molecule has 1 rings (SSSR count). The number of nitrogens with zero attached hydrogens (tertiary/aromatic N) is 2. The van der Waals surface area contributed by atoms with E-state index in [4.69, 9.17) is 11.5 Å². The van der Waals surface area contributed by atoms with Crippen molar-refractivity contribution in [1.82, 2.24) is 9.55 Å². The van der Waals surface area contributed by atoms with E-state index in [1.54, 1.807) is 17.0 Å². The van der Waals surface area contributed by atoms with Crippen LogP contribution in [-0.2, 0) is 11.3 Å². The van der Waals surface area contributed by atoms with Crippen LogP contribution in [0.3, 0.4) is 0 Å². The molecule has 60 valence electrons. The Morgan fingerprint density at radius 1 is 1.73 bits per heavy atom. The van der Waals surface area contributed by atoms with Crippen LogP contribution >= 0.6 is 0 Å². The van der Waals surface area contributed by atoms with Crippen molar-refractivity contribution in [2.45, 2.75) is 13.0 Å². The first-order valence-corrected chi connectivity index (χ1v) is 3.25. The van der Waals surface area contributed by atoms with Crippen LogP contribution in [0.4, 0.5) is 5.95 Å². The van der Waals surface area contributed by atoms with Gasteiger partial charge in [0.15, 0.2) is 5.95 Å². The molecule has 0 atom stereocenters. The summed E-state index contributed by atoms with van der Waals surface area (Å²) in [5.41, 5.74) is 10.4. The van der Waals surface area contributed by atoms with Crippen LogP contribution in [0.2, 0.25) is 0 Å². The first-order valence-electron chi connectivity index (χ1n) is 3.25. The van der Waals surface area contributed by atoms with Gasteiger partial charge in [0.2, 0.25) is 5.91 Å². The van der Waals surface area contributed by atoms with Crippen LogP contribution in [0.1, 0.15) is 6.42 Å². The van der Waals surface area contributed by atoms with Gasteiger partial charge in [-0.2, -0.15) is 0 Å². The molecule has 5 nitrogen and oxygen atoms in total. The normalized spacial score (nSPS) is 9.82. The lowest BCUT2D eigenvalue weighted by Gasteiger charge is -2.00. The van der Waals surface area contributed by atoms with Crippen molar-refractivity contribution in [3.63, 3.8) is 0 Å². The SMILES string of the molecule is NC(=O)CCn1ccnc1N. The fourth-order valence-electron chi connectivity index (χ4n) is 0.760. The Hall–Kier alpha value is -1.52. The number of aryl methyl sites for hydroxylation is 1. The second kappa shape index (κ2) is 3.05. The molecule has 0 unspecified atom stereocenters. The van der Waals surface area contributed by atoms with E-state index in [-0.39, 0.29) is 5.91 Å². The Labute approximate surface area is 64.0 Å². The zero-order valence-electron chi connectivity index (χ0n) is 6.03. The van der Waals surface area contributed by atoms with E-state index in [2.05, 4.69) is 4.98 Å². The molecule has 1 aromatic heterocycles. The molecule has 0 spiro atoms. The van der Waals surface area contributed by atoms with Crippen molar-refractivity contribution in [3.05, 3.63) is 12.4 Å². The molecule has 0 aromatic carbocycles. The number of primary amides is 1. The molecule has 0 aliphatic heterocycles. The number of nitrogens with two attached hydrogens (primary N) is 2. The van der Waals surface area contributed by atoms with Crippen molar-refractivity contribution in [3.8, 4) is 0 Å². The highest BCUT2D eigenvalue weighted by molar-refractivity contribution is 5.73. The maximum Gasteiger partial charge on any atom is 0.219 e. The summed E-state index contributed by atoms with van der Waals surface area (Å²) in [6.07, 6.45) is 3.58. The topological polar surface area (TPSA) is 86.9 Å². The van der Waals surface area contributed by atoms with Gasteiger partial charge in [-0.1, -0.05) is 0 Å². The molecule has 0 fully saturated rings. The Morgan fingerprint density at radius 3 is 2.91 bits per heavy atom. The zero-order valence-corrected chi connectivity index (χ0v) is 6.03. The number of nitrogen functional groups attached to an aromatic ring is 1. The number of hydrogen-bond donors (Lipinski definition) is 2. The number of aromatic nitrogens is 2. The first kappa shape index (κ1) is 7.59. The quantitative estimate of drug-likeness (QED) is 0.606. The Kier molecular flexibility index (Phi) is 2.10. The molecular formula is C6H10N4O. The van der Waals surface area contributed by atoms with Gasteiger partial charge in [0.1, 0.15) is 0 Å². The third-order valence-corrected chi connectivity index (χ3v) is 1.35. The van der Waals surface area contributed by atoms with Gasteiger partial charge in [-0.15, -0.1) is 0 Å². The molecule has 0 radical (unpaired) electrons. The minimum absolute atomic E-state index is 0.292. The fraction of sp³-hybridized carbons (Fsp3) is 0.333. The highest BCUT2D eigenvalue weighted by Crippen LogP contribution is 1.98. The molecule has 5 heteroatoms. The summed E-state index contributed by atoms with van der Waals surface area (Å²) in [6, 6.07) is 0. The molecular weight excluding hydrogens is 144 g/mol. The number of rotatable bonds is 3. The lowest BCUT2D eigenvalue weighted by molar-refractivity contribution is -0.118. The summed E-state index contributed by atoms with van der Waals surface area (Å²) in [4.78, 5) is 14.1. The van der Waals surface area contributed by atoms with Crippen LogP contribution in [0, 0.1) is 0 Å². The molecule has 0 aliphatic carbocycles. The summed E-state index contributed by atoms with van der Waals surface area (Å²) >= 11 is 0. The van der Waals surface area contributed by atoms with Crippen LogP contribution < -0.4 is 11.5 Å². The minimum atomic E-state index is -0.335. The summed E-state index contributed by atoms with van der Waals surface area (Å²) in [7, 11) is 0. The first-order chi connectivity index (χ1) is 5.20. The number of hydrogen-bond acceptors (Lipinski definition) is 3. The smallest absolute Gasteiger partial charge is 0.219 e. The fourth-order valence-corrected chi connectivity index (χ4v) is 0.760. The number of carbonyl (C=O) groups is 1. The average molecular weight is 154 g/mol. The molecule has 0 bridgehead atoms. The molecule has 0 aliphatic rings. The molecule has 1 amide bonds. The highest BCUT2D eigenvalue weighted by Gasteiger charge is 1.98. The van der Waals surface area contributed by atoms with Gasteiger partial charge >= 0.3 is 0 Å². The van der Waals surface area contributed by atoms with Gasteiger partial charge in [-0.25, -0.2) is 4.98 Å². The number of amides is 1. The van der Waals surface area contributed by atoms with Crippen LogP contribution in [0.5, 0.6) is 0 Å². The van der Waals surface area contributed by atoms with E-state index in [0.717, 1.165) is 0 Å². The maximum atomic E-state index is 10.4. The molecule has 0 saturated heterocycles. The van der Waals surface area contributed by atoms with Crippen LogP contribution in [-0.4, -0.2) is 15.5 Å². The van der Waals surface area contributed by atoms with Crippen molar-refractivity contribution < 1.29 is 4.79 Å². The largest absolute Gasteiger partial charge is 0.370 e. The standard InChI is InChI=1S/C6H10N4O/c7-5(11)1-3-10-4-2-9-6(10)8/h2,4H,1,3H2,(H2,7,11)(H2,8,9). The zero-order chi connectivity index (χ0) is 8.27. The van der Waals surface area contributed by atoms with E-state index >= 15 is 0 Å². The lowest BCUT2D eigenvalue weighted by Crippen LogP contribution is -2.14. The Bertz CT molecular complexity index is 255. The van der Waals surface area contributed by atoms with Crippen molar-refractivity contribution in [2.24, 2.45) is 5.73 Å². The van der Waals surface area contributed by atoms with Crippen LogP contribution in [0.15, 0.2) is 12.4 Å². The summed E-state index contributed by atoms with van der Waals surface area (Å²) in [5.74, 6) is 0.0735. The minimum Gasteiger partial charge on any atom is -0.370 e. The summed E-state index contributed by atoms with van der Waals surface area (Å²) < 4.78 is 1.67. The van der Waals surface area contributed by atoms with Gasteiger partial charge in [0, 0.05) is 25.4 Å². The Morgan fingerprint density at radius 2 is 2.45 bits per heavy atom. The average Bonchev–Trinajstić information content (AvgIpc) is 2.31. The van der Waals surface area contributed by atoms with Gasteiger partial charge in [0.05, 0.1) is 0 Å². The molecule has 1 heterocycles.